The van der Waals surface area contributed by atoms with Crippen molar-refractivity contribution in [1.82, 2.24) is 20.2 Å². The number of carbonyl (C=O) groups is 3. The molecule has 1 fully saturated rings. The van der Waals surface area contributed by atoms with Crippen LogP contribution >= 0.6 is 11.3 Å². The Bertz CT molecular complexity index is 1340. The second kappa shape index (κ2) is 8.11. The maximum Gasteiger partial charge on any atom is 0.322 e. The highest BCUT2D eigenvalue weighted by molar-refractivity contribution is 7.18. The summed E-state index contributed by atoms with van der Waals surface area (Å²) in [5.74, 6) is -0.660. The van der Waals surface area contributed by atoms with Gasteiger partial charge in [0.15, 0.2) is 0 Å². The molecule has 1 aliphatic carbocycles. The van der Waals surface area contributed by atoms with E-state index in [0.29, 0.717) is 16.6 Å². The van der Waals surface area contributed by atoms with Crippen molar-refractivity contribution >= 4 is 45.1 Å². The van der Waals surface area contributed by atoms with E-state index in [2.05, 4.69) is 20.9 Å². The van der Waals surface area contributed by atoms with Crippen LogP contribution in [0.4, 0.5) is 10.5 Å². The smallest absolute Gasteiger partial charge is 0.322 e. The number of aromatic nitrogens is 2. The quantitative estimate of drug-likeness (QED) is 0.500. The van der Waals surface area contributed by atoms with E-state index in [1.165, 1.54) is 15.8 Å². The van der Waals surface area contributed by atoms with Crippen LogP contribution in [0.15, 0.2) is 35.4 Å². The summed E-state index contributed by atoms with van der Waals surface area (Å²) in [5.41, 5.74) is 1.08. The number of aryl methyl sites for hydroxylation is 3. The third-order valence-corrected chi connectivity index (χ3v) is 7.51. The van der Waals surface area contributed by atoms with Gasteiger partial charge >= 0.3 is 6.03 Å². The highest BCUT2D eigenvalue weighted by atomic mass is 32.1. The molecule has 0 saturated carbocycles. The number of amides is 4. The highest BCUT2D eigenvalue weighted by Gasteiger charge is 2.43. The summed E-state index contributed by atoms with van der Waals surface area (Å²) in [5, 5.41) is 8.35. The Balaban J connectivity index is 1.25. The molecule has 3 heterocycles. The summed E-state index contributed by atoms with van der Waals surface area (Å²) in [6.45, 7) is 1.86. The molecular formula is C23H23N5O4S. The van der Waals surface area contributed by atoms with Crippen molar-refractivity contribution in [2.24, 2.45) is 0 Å². The van der Waals surface area contributed by atoms with E-state index in [9.17, 15) is 19.2 Å². The molecule has 3 aromatic rings. The molecule has 0 bridgehead atoms. The molecule has 1 aliphatic heterocycles. The van der Waals surface area contributed by atoms with Crippen LogP contribution < -0.4 is 21.5 Å². The number of hydrogen-bond acceptors (Lipinski definition) is 6. The van der Waals surface area contributed by atoms with Crippen LogP contribution in [0.5, 0.6) is 0 Å². The Morgan fingerprint density at radius 2 is 1.94 bits per heavy atom. The minimum absolute atomic E-state index is 0.0818. The summed E-state index contributed by atoms with van der Waals surface area (Å²) >= 11 is 1.61. The Kier molecular flexibility index (Phi) is 5.24. The second-order valence-electron chi connectivity index (χ2n) is 8.54. The molecule has 0 spiro atoms. The molecule has 33 heavy (non-hydrogen) atoms. The molecule has 0 radical (unpaired) electrons. The van der Waals surface area contributed by atoms with Crippen LogP contribution in [0.2, 0.25) is 0 Å². The fourth-order valence-corrected chi connectivity index (χ4v) is 5.64. The lowest BCUT2D eigenvalue weighted by molar-refractivity contribution is -0.123. The van der Waals surface area contributed by atoms with Crippen LogP contribution in [-0.2, 0) is 34.5 Å². The van der Waals surface area contributed by atoms with Gasteiger partial charge in [0.05, 0.1) is 11.7 Å². The number of benzene rings is 1. The molecule has 1 unspecified atom stereocenters. The van der Waals surface area contributed by atoms with Crippen molar-refractivity contribution in [3.63, 3.8) is 0 Å². The number of thiophene rings is 1. The van der Waals surface area contributed by atoms with E-state index < -0.39 is 17.5 Å². The molecule has 1 aromatic carbocycles. The van der Waals surface area contributed by atoms with Gasteiger partial charge in [-0.3, -0.25) is 24.3 Å². The first-order valence-electron chi connectivity index (χ1n) is 10.9. The fraction of sp³-hybridized carbons (Fsp3) is 0.348. The normalized spacial score (nSPS) is 19.8. The number of nitrogens with one attached hydrogen (secondary N) is 3. The molecule has 170 valence electrons. The van der Waals surface area contributed by atoms with E-state index in [-0.39, 0.29) is 24.4 Å². The van der Waals surface area contributed by atoms with Gasteiger partial charge in [0.2, 0.25) is 5.91 Å². The summed E-state index contributed by atoms with van der Waals surface area (Å²) < 4.78 is 1.51. The molecule has 5 rings (SSSR count). The summed E-state index contributed by atoms with van der Waals surface area (Å²) in [6, 6.07) is 6.18. The third-order valence-electron chi connectivity index (χ3n) is 6.31. The summed E-state index contributed by atoms with van der Waals surface area (Å²) in [4.78, 5) is 55.5. The van der Waals surface area contributed by atoms with Gasteiger partial charge in [0.1, 0.15) is 10.4 Å². The Labute approximate surface area is 193 Å². The number of imide groups is 1. The fourth-order valence-electron chi connectivity index (χ4n) is 4.42. The maximum atomic E-state index is 13.0. The molecule has 2 aliphatic rings. The number of fused-ring (bicyclic) bond motifs is 3. The van der Waals surface area contributed by atoms with Crippen molar-refractivity contribution in [2.45, 2.75) is 51.1 Å². The van der Waals surface area contributed by atoms with Gasteiger partial charge in [-0.15, -0.1) is 11.3 Å². The summed E-state index contributed by atoms with van der Waals surface area (Å²) in [7, 11) is 0. The average Bonchev–Trinajstić information content (AvgIpc) is 3.30. The van der Waals surface area contributed by atoms with Crippen LogP contribution in [0.1, 0.15) is 42.2 Å². The summed E-state index contributed by atoms with van der Waals surface area (Å²) in [6.07, 6.45) is 5.80. The van der Waals surface area contributed by atoms with Crippen molar-refractivity contribution < 1.29 is 14.4 Å². The van der Waals surface area contributed by atoms with Gasteiger partial charge in [-0.25, -0.2) is 9.78 Å². The number of carbonyl (C=O) groups excluding carboxylic acids is 3. The third kappa shape index (κ3) is 3.80. The van der Waals surface area contributed by atoms with Crippen LogP contribution in [0, 0.1) is 0 Å². The minimum atomic E-state index is -1.15. The zero-order valence-electron chi connectivity index (χ0n) is 18.1. The monoisotopic (exact) mass is 465 g/mol. The lowest BCUT2D eigenvalue weighted by Gasteiger charge is -2.21. The van der Waals surface area contributed by atoms with Crippen LogP contribution in [-0.4, -0.2) is 27.4 Å². The topological polar surface area (TPSA) is 122 Å². The van der Waals surface area contributed by atoms with E-state index in [1.54, 1.807) is 42.5 Å². The SMILES string of the molecule is CC1(c2ccc(NC(=O)CCn3cnc4sc5c(c4c3=O)CCCC5)cc2)NC(=O)NC1=O. The first kappa shape index (κ1) is 21.3. The number of nitrogens with zero attached hydrogens (tertiary/aromatic N) is 2. The van der Waals surface area contributed by atoms with E-state index in [4.69, 9.17) is 0 Å². The molecular weight excluding hydrogens is 442 g/mol. The molecule has 4 amide bonds. The lowest BCUT2D eigenvalue weighted by Crippen LogP contribution is -2.40. The van der Waals surface area contributed by atoms with Crippen molar-refractivity contribution in [3.05, 3.63) is 57.0 Å². The van der Waals surface area contributed by atoms with Gasteiger partial charge in [-0.05, 0) is 55.9 Å². The molecule has 3 N–H and O–H groups in total. The minimum Gasteiger partial charge on any atom is -0.326 e. The zero-order chi connectivity index (χ0) is 23.2. The van der Waals surface area contributed by atoms with E-state index >= 15 is 0 Å². The van der Waals surface area contributed by atoms with E-state index in [0.717, 1.165) is 36.1 Å². The van der Waals surface area contributed by atoms with Crippen LogP contribution in [0.3, 0.4) is 0 Å². The first-order valence-corrected chi connectivity index (χ1v) is 11.7. The predicted octanol–water partition coefficient (Wildman–Crippen LogP) is 2.42. The van der Waals surface area contributed by atoms with Crippen molar-refractivity contribution in [1.29, 1.82) is 0 Å². The van der Waals surface area contributed by atoms with Crippen molar-refractivity contribution in [3.8, 4) is 0 Å². The lowest BCUT2D eigenvalue weighted by atomic mass is 9.92. The van der Waals surface area contributed by atoms with Gasteiger partial charge in [0, 0.05) is 23.5 Å². The van der Waals surface area contributed by atoms with E-state index in [1.807, 2.05) is 0 Å². The largest absolute Gasteiger partial charge is 0.326 e. The highest BCUT2D eigenvalue weighted by Crippen LogP contribution is 2.33. The van der Waals surface area contributed by atoms with Gasteiger partial charge in [-0.2, -0.15) is 0 Å². The number of rotatable bonds is 5. The molecule has 9 nitrogen and oxygen atoms in total. The number of urea groups is 1. The average molecular weight is 466 g/mol. The Morgan fingerprint density at radius 3 is 2.67 bits per heavy atom. The van der Waals surface area contributed by atoms with Gasteiger partial charge in [-0.1, -0.05) is 12.1 Å². The van der Waals surface area contributed by atoms with Crippen molar-refractivity contribution in [2.75, 3.05) is 5.32 Å². The number of hydrogen-bond donors (Lipinski definition) is 3. The Morgan fingerprint density at radius 1 is 1.18 bits per heavy atom. The first-order chi connectivity index (χ1) is 15.8. The van der Waals surface area contributed by atoms with Gasteiger partial charge in [0.25, 0.3) is 11.5 Å². The maximum absolute atomic E-state index is 13.0. The zero-order valence-corrected chi connectivity index (χ0v) is 18.9. The standard InChI is InChI=1S/C23H23N5O4S/c1-23(21(31)26-22(32)27-23)13-6-8-14(9-7-13)25-17(29)10-11-28-12-24-19-18(20(28)30)15-4-2-3-5-16(15)33-19/h6-9,12H,2-5,10-11H2,1H3,(H,25,29)(H2,26,27,31,32). The molecule has 10 heteroatoms. The molecule has 1 atom stereocenters. The predicted molar refractivity (Wildman–Crippen MR) is 124 cm³/mol. The second-order valence-corrected chi connectivity index (χ2v) is 9.63. The molecule has 2 aromatic heterocycles. The Hall–Kier alpha value is -3.53. The molecule has 1 saturated heterocycles. The van der Waals surface area contributed by atoms with Gasteiger partial charge < -0.3 is 10.6 Å². The van der Waals surface area contributed by atoms with Crippen LogP contribution in [0.25, 0.3) is 10.2 Å². The number of anilines is 1.